The zero-order chi connectivity index (χ0) is 15.0. The molecule has 0 saturated heterocycles. The summed E-state index contributed by atoms with van der Waals surface area (Å²) in [6, 6.07) is 7.60. The summed E-state index contributed by atoms with van der Waals surface area (Å²) in [5.41, 5.74) is 7.45. The molecule has 0 spiro atoms. The summed E-state index contributed by atoms with van der Waals surface area (Å²) in [6.45, 7) is 10.4. The summed E-state index contributed by atoms with van der Waals surface area (Å²) in [4.78, 5) is 12.9. The van der Waals surface area contributed by atoms with Gasteiger partial charge in [0.1, 0.15) is 0 Å². The van der Waals surface area contributed by atoms with Crippen molar-refractivity contribution in [2.24, 2.45) is 0 Å². The minimum Gasteiger partial charge on any atom is -0.289 e. The first-order valence-electron chi connectivity index (χ1n) is 6.72. The lowest BCUT2D eigenvalue weighted by atomic mass is 9.86. The molecule has 0 unspecified atom stereocenters. The van der Waals surface area contributed by atoms with Crippen molar-refractivity contribution in [2.75, 3.05) is 0 Å². The van der Waals surface area contributed by atoms with Crippen LogP contribution in [0.25, 0.3) is 0 Å². The Kier molecular flexibility index (Phi) is 4.14. The molecule has 0 aromatic heterocycles. The Labute approximate surface area is 129 Å². The SMILES string of the molecule is Cc1c(C)c(C)c(C(=O)c2ccccc2Br)c(C)c1C. The number of hydrogen-bond donors (Lipinski definition) is 0. The van der Waals surface area contributed by atoms with Crippen LogP contribution in [0.15, 0.2) is 28.7 Å². The molecule has 0 atom stereocenters. The third-order valence-corrected chi connectivity index (χ3v) is 5.04. The van der Waals surface area contributed by atoms with Crippen LogP contribution in [0.4, 0.5) is 0 Å². The van der Waals surface area contributed by atoms with Gasteiger partial charge in [-0.3, -0.25) is 4.79 Å². The lowest BCUT2D eigenvalue weighted by Gasteiger charge is -2.18. The van der Waals surface area contributed by atoms with Crippen LogP contribution in [0, 0.1) is 34.6 Å². The number of hydrogen-bond acceptors (Lipinski definition) is 1. The van der Waals surface area contributed by atoms with Gasteiger partial charge in [0.25, 0.3) is 0 Å². The third-order valence-electron chi connectivity index (χ3n) is 4.35. The van der Waals surface area contributed by atoms with Crippen molar-refractivity contribution in [3.05, 3.63) is 67.7 Å². The van der Waals surface area contributed by atoms with Crippen molar-refractivity contribution >= 4 is 21.7 Å². The van der Waals surface area contributed by atoms with Crippen LogP contribution < -0.4 is 0 Å². The Morgan fingerprint density at radius 3 is 1.75 bits per heavy atom. The summed E-state index contributed by atoms with van der Waals surface area (Å²) >= 11 is 3.47. The highest BCUT2D eigenvalue weighted by Crippen LogP contribution is 2.29. The molecule has 0 heterocycles. The molecule has 0 aliphatic heterocycles. The Morgan fingerprint density at radius 2 is 1.25 bits per heavy atom. The fraction of sp³-hybridized carbons (Fsp3) is 0.278. The predicted molar refractivity (Wildman–Crippen MR) is 87.7 cm³/mol. The van der Waals surface area contributed by atoms with Crippen LogP contribution in [0.5, 0.6) is 0 Å². The highest BCUT2D eigenvalue weighted by atomic mass is 79.9. The van der Waals surface area contributed by atoms with Gasteiger partial charge in [-0.15, -0.1) is 0 Å². The van der Waals surface area contributed by atoms with Crippen LogP contribution in [-0.2, 0) is 0 Å². The Hall–Kier alpha value is -1.41. The molecule has 1 nitrogen and oxygen atoms in total. The second kappa shape index (κ2) is 5.53. The fourth-order valence-electron chi connectivity index (χ4n) is 2.62. The van der Waals surface area contributed by atoms with Gasteiger partial charge in [-0.1, -0.05) is 28.1 Å². The monoisotopic (exact) mass is 330 g/mol. The third kappa shape index (κ3) is 2.33. The molecule has 2 heteroatoms. The van der Waals surface area contributed by atoms with Crippen LogP contribution in [0.1, 0.15) is 43.7 Å². The van der Waals surface area contributed by atoms with E-state index < -0.39 is 0 Å². The number of carbonyl (C=O) groups excluding carboxylic acids is 1. The van der Waals surface area contributed by atoms with E-state index in [9.17, 15) is 4.79 Å². The largest absolute Gasteiger partial charge is 0.289 e. The average molecular weight is 331 g/mol. The molecule has 20 heavy (non-hydrogen) atoms. The van der Waals surface area contributed by atoms with Crippen LogP contribution in [-0.4, -0.2) is 5.78 Å². The topological polar surface area (TPSA) is 17.1 Å². The minimum atomic E-state index is 0.0960. The fourth-order valence-corrected chi connectivity index (χ4v) is 3.09. The van der Waals surface area contributed by atoms with Crippen LogP contribution in [0.2, 0.25) is 0 Å². The predicted octanol–water partition coefficient (Wildman–Crippen LogP) is 5.22. The van der Waals surface area contributed by atoms with Crippen LogP contribution >= 0.6 is 15.9 Å². The summed E-state index contributed by atoms with van der Waals surface area (Å²) in [5, 5.41) is 0. The quantitative estimate of drug-likeness (QED) is 0.689. The first-order chi connectivity index (χ1) is 9.36. The molecule has 0 aliphatic carbocycles. The molecule has 104 valence electrons. The zero-order valence-electron chi connectivity index (χ0n) is 12.6. The molecule has 0 N–H and O–H groups in total. The normalized spacial score (nSPS) is 10.7. The molecule has 2 aromatic carbocycles. The summed E-state index contributed by atoms with van der Waals surface area (Å²) in [5.74, 6) is 0.0960. The Balaban J connectivity index is 2.71. The molecular weight excluding hydrogens is 312 g/mol. The van der Waals surface area contributed by atoms with Crippen molar-refractivity contribution in [1.82, 2.24) is 0 Å². The molecule has 0 radical (unpaired) electrons. The lowest BCUT2D eigenvalue weighted by molar-refractivity contribution is 0.103. The summed E-state index contributed by atoms with van der Waals surface area (Å²) < 4.78 is 0.847. The molecule has 0 bridgehead atoms. The van der Waals surface area contributed by atoms with E-state index in [0.29, 0.717) is 0 Å². The smallest absolute Gasteiger partial charge is 0.194 e. The number of carbonyl (C=O) groups is 1. The van der Waals surface area contributed by atoms with Crippen molar-refractivity contribution in [2.45, 2.75) is 34.6 Å². The molecule has 0 aliphatic rings. The van der Waals surface area contributed by atoms with Crippen LogP contribution in [0.3, 0.4) is 0 Å². The first-order valence-corrected chi connectivity index (χ1v) is 7.51. The molecule has 2 rings (SSSR count). The molecular formula is C18H19BrO. The second-order valence-corrected chi connectivity index (χ2v) is 6.16. The van der Waals surface area contributed by atoms with E-state index in [-0.39, 0.29) is 5.78 Å². The van der Waals surface area contributed by atoms with Gasteiger partial charge in [0.05, 0.1) is 0 Å². The maximum atomic E-state index is 12.9. The first kappa shape index (κ1) is 15.0. The van der Waals surface area contributed by atoms with Gasteiger partial charge in [-0.2, -0.15) is 0 Å². The van der Waals surface area contributed by atoms with Gasteiger partial charge in [0.2, 0.25) is 0 Å². The van der Waals surface area contributed by atoms with E-state index in [2.05, 4.69) is 36.7 Å². The van der Waals surface area contributed by atoms with E-state index in [1.807, 2.05) is 38.1 Å². The van der Waals surface area contributed by atoms with E-state index in [4.69, 9.17) is 0 Å². The average Bonchev–Trinajstić information content (AvgIpc) is 2.43. The lowest BCUT2D eigenvalue weighted by Crippen LogP contribution is -2.11. The van der Waals surface area contributed by atoms with Gasteiger partial charge < -0.3 is 0 Å². The summed E-state index contributed by atoms with van der Waals surface area (Å²) in [6.07, 6.45) is 0. The standard InChI is InChI=1S/C18H19BrO/c1-10-11(2)13(4)17(14(5)12(10)3)18(20)15-8-6-7-9-16(15)19/h6-9H,1-5H3. The number of ketones is 1. The second-order valence-electron chi connectivity index (χ2n) is 5.31. The van der Waals surface area contributed by atoms with Crippen molar-refractivity contribution in [3.63, 3.8) is 0 Å². The Morgan fingerprint density at radius 1 is 0.800 bits per heavy atom. The summed E-state index contributed by atoms with van der Waals surface area (Å²) in [7, 11) is 0. The van der Waals surface area contributed by atoms with E-state index in [1.54, 1.807) is 0 Å². The van der Waals surface area contributed by atoms with Crippen molar-refractivity contribution < 1.29 is 4.79 Å². The highest BCUT2D eigenvalue weighted by molar-refractivity contribution is 9.10. The zero-order valence-corrected chi connectivity index (χ0v) is 14.2. The van der Waals surface area contributed by atoms with Gasteiger partial charge in [-0.25, -0.2) is 0 Å². The van der Waals surface area contributed by atoms with Gasteiger partial charge in [0, 0.05) is 15.6 Å². The number of halogens is 1. The van der Waals surface area contributed by atoms with Crippen molar-refractivity contribution in [1.29, 1.82) is 0 Å². The molecule has 0 saturated carbocycles. The van der Waals surface area contributed by atoms with Gasteiger partial charge in [0.15, 0.2) is 5.78 Å². The highest BCUT2D eigenvalue weighted by Gasteiger charge is 2.20. The minimum absolute atomic E-state index is 0.0960. The Bertz CT molecular complexity index is 670. The number of benzene rings is 2. The van der Waals surface area contributed by atoms with Gasteiger partial charge in [-0.05, 0) is 74.6 Å². The van der Waals surface area contributed by atoms with E-state index in [1.165, 1.54) is 16.7 Å². The molecule has 2 aromatic rings. The maximum Gasteiger partial charge on any atom is 0.194 e. The van der Waals surface area contributed by atoms with Crippen molar-refractivity contribution in [3.8, 4) is 0 Å². The van der Waals surface area contributed by atoms with E-state index >= 15 is 0 Å². The molecule has 0 amide bonds. The van der Waals surface area contributed by atoms with Gasteiger partial charge >= 0.3 is 0 Å². The van der Waals surface area contributed by atoms with E-state index in [0.717, 1.165) is 26.7 Å². The number of rotatable bonds is 2. The molecule has 0 fully saturated rings. The maximum absolute atomic E-state index is 12.9.